The molecule has 4 rings (SSSR count). The molecule has 0 spiro atoms. The largest absolute Gasteiger partial charge is 0.463 e. The Labute approximate surface area is 159 Å². The summed E-state index contributed by atoms with van der Waals surface area (Å²) in [6.07, 6.45) is 4.77. The fourth-order valence-electron chi connectivity index (χ4n) is 3.03. The van der Waals surface area contributed by atoms with Gasteiger partial charge >= 0.3 is 0 Å². The number of amides is 1. The third-order valence-corrected chi connectivity index (χ3v) is 5.17. The zero-order valence-electron chi connectivity index (χ0n) is 14.8. The number of aromatic nitrogens is 3. The maximum absolute atomic E-state index is 12.9. The number of furan rings is 1. The molecule has 0 unspecified atom stereocenters. The highest BCUT2D eigenvalue weighted by atomic mass is 32.1. The molecule has 0 bridgehead atoms. The molecule has 27 heavy (non-hydrogen) atoms. The third-order valence-electron chi connectivity index (χ3n) is 4.24. The first-order valence-corrected chi connectivity index (χ1v) is 9.46. The molecule has 138 valence electrons. The van der Waals surface area contributed by atoms with Gasteiger partial charge in [-0.2, -0.15) is 0 Å². The first kappa shape index (κ1) is 17.4. The van der Waals surface area contributed by atoms with Crippen LogP contribution in [0.1, 0.15) is 28.2 Å². The van der Waals surface area contributed by atoms with E-state index in [4.69, 9.17) is 10.2 Å². The van der Waals surface area contributed by atoms with Gasteiger partial charge in [0.15, 0.2) is 5.13 Å². The lowest BCUT2D eigenvalue weighted by atomic mass is 10.0. The lowest BCUT2D eigenvalue weighted by Crippen LogP contribution is -2.15. The molecule has 8 heteroatoms. The summed E-state index contributed by atoms with van der Waals surface area (Å²) in [6.45, 7) is 2.46. The van der Waals surface area contributed by atoms with Crippen LogP contribution in [0.4, 0.5) is 5.13 Å². The molecule has 7 nitrogen and oxygen atoms in total. The van der Waals surface area contributed by atoms with Crippen LogP contribution < -0.4 is 11.1 Å². The van der Waals surface area contributed by atoms with Crippen LogP contribution in [0.15, 0.2) is 41.1 Å². The van der Waals surface area contributed by atoms with Crippen LogP contribution in [0.25, 0.3) is 21.7 Å². The van der Waals surface area contributed by atoms with Crippen molar-refractivity contribution in [3.05, 3.63) is 53.7 Å². The van der Waals surface area contributed by atoms with Crippen molar-refractivity contribution >= 4 is 33.4 Å². The number of nitrogens with zero attached hydrogens (tertiary/aromatic N) is 2. The molecule has 3 heterocycles. The molecule has 0 aliphatic rings. The van der Waals surface area contributed by atoms with Gasteiger partial charge in [-0.15, -0.1) is 0 Å². The Kier molecular flexibility index (Phi) is 4.74. The highest BCUT2D eigenvalue weighted by Crippen LogP contribution is 2.30. The van der Waals surface area contributed by atoms with E-state index in [0.717, 1.165) is 39.5 Å². The van der Waals surface area contributed by atoms with Gasteiger partial charge in [0.25, 0.3) is 5.91 Å². The Balaban J connectivity index is 1.64. The first-order valence-electron chi connectivity index (χ1n) is 8.65. The minimum absolute atomic E-state index is 0.204. The summed E-state index contributed by atoms with van der Waals surface area (Å²) in [4.78, 5) is 25.8. The van der Waals surface area contributed by atoms with Crippen LogP contribution in [0.5, 0.6) is 0 Å². The minimum atomic E-state index is -0.204. The number of hydrogen-bond donors (Lipinski definition) is 3. The lowest BCUT2D eigenvalue weighted by Gasteiger charge is -2.09. The maximum atomic E-state index is 12.9. The van der Waals surface area contributed by atoms with Crippen molar-refractivity contribution in [3.8, 4) is 10.6 Å². The van der Waals surface area contributed by atoms with E-state index in [1.54, 1.807) is 12.5 Å². The van der Waals surface area contributed by atoms with Gasteiger partial charge in [0.1, 0.15) is 11.6 Å². The summed E-state index contributed by atoms with van der Waals surface area (Å²) in [6, 6.07) is 7.38. The van der Waals surface area contributed by atoms with Gasteiger partial charge in [0.05, 0.1) is 28.4 Å². The number of anilines is 1. The summed E-state index contributed by atoms with van der Waals surface area (Å²) < 4.78 is 5.37. The Morgan fingerprint density at radius 3 is 3.04 bits per heavy atom. The number of carbonyl (C=O) groups is 1. The third kappa shape index (κ3) is 3.49. The normalized spacial score (nSPS) is 11.2. The zero-order valence-corrected chi connectivity index (χ0v) is 15.6. The second kappa shape index (κ2) is 7.34. The number of nitrogens with two attached hydrogens (primary N) is 1. The summed E-state index contributed by atoms with van der Waals surface area (Å²) in [5, 5.41) is 3.41. The molecule has 0 atom stereocenters. The SMILES string of the molecule is Cc1nc2c(CCCN)c(C(=O)Nc3ncc(-c4ccco4)s3)ccc2[nH]1. The van der Waals surface area contributed by atoms with Crippen LogP contribution >= 0.6 is 11.3 Å². The van der Waals surface area contributed by atoms with E-state index >= 15 is 0 Å². The van der Waals surface area contributed by atoms with Crippen LogP contribution in [0.2, 0.25) is 0 Å². The molecule has 0 fully saturated rings. The number of carbonyl (C=O) groups excluding carboxylic acids is 1. The molecule has 4 N–H and O–H groups in total. The van der Waals surface area contributed by atoms with Crippen molar-refractivity contribution in [1.82, 2.24) is 15.0 Å². The monoisotopic (exact) mass is 381 g/mol. The topological polar surface area (TPSA) is 110 Å². The summed E-state index contributed by atoms with van der Waals surface area (Å²) in [5.74, 6) is 1.34. The number of benzene rings is 1. The van der Waals surface area contributed by atoms with Crippen molar-refractivity contribution < 1.29 is 9.21 Å². The standard InChI is InChI=1S/C19H19N5O2S/c1-11-22-14-7-6-13(12(4-2-8-20)17(14)23-11)18(25)24-19-21-10-16(27-19)15-5-3-9-26-15/h3,5-7,9-10H,2,4,8,20H2,1H3,(H,22,23)(H,21,24,25). The second-order valence-electron chi connectivity index (χ2n) is 6.16. The summed E-state index contributed by atoms with van der Waals surface area (Å²) in [7, 11) is 0. The molecular formula is C19H19N5O2S. The predicted octanol–water partition coefficient (Wildman–Crippen LogP) is 3.73. The molecule has 0 radical (unpaired) electrons. The smallest absolute Gasteiger partial charge is 0.257 e. The van der Waals surface area contributed by atoms with Crippen molar-refractivity contribution in [1.29, 1.82) is 0 Å². The Morgan fingerprint density at radius 2 is 2.26 bits per heavy atom. The van der Waals surface area contributed by atoms with Gasteiger partial charge in [0, 0.05) is 5.56 Å². The number of fused-ring (bicyclic) bond motifs is 1. The number of hydrogen-bond acceptors (Lipinski definition) is 6. The molecule has 0 saturated heterocycles. The molecule has 4 aromatic rings. The maximum Gasteiger partial charge on any atom is 0.257 e. The molecule has 0 saturated carbocycles. The number of imidazole rings is 1. The predicted molar refractivity (Wildman–Crippen MR) is 106 cm³/mol. The van der Waals surface area contributed by atoms with Gasteiger partial charge in [-0.25, -0.2) is 9.97 Å². The van der Waals surface area contributed by atoms with E-state index in [1.165, 1.54) is 11.3 Å². The minimum Gasteiger partial charge on any atom is -0.463 e. The van der Waals surface area contributed by atoms with Crippen LogP contribution in [0, 0.1) is 6.92 Å². The van der Waals surface area contributed by atoms with Crippen LogP contribution in [-0.4, -0.2) is 27.4 Å². The Hall–Kier alpha value is -2.97. The number of thiazole rings is 1. The van der Waals surface area contributed by atoms with E-state index in [-0.39, 0.29) is 5.91 Å². The van der Waals surface area contributed by atoms with E-state index in [9.17, 15) is 4.79 Å². The molecule has 1 amide bonds. The lowest BCUT2D eigenvalue weighted by molar-refractivity contribution is 0.102. The average molecular weight is 381 g/mol. The van der Waals surface area contributed by atoms with E-state index < -0.39 is 0 Å². The van der Waals surface area contributed by atoms with Crippen LogP contribution in [0.3, 0.4) is 0 Å². The van der Waals surface area contributed by atoms with Gasteiger partial charge in [-0.1, -0.05) is 11.3 Å². The van der Waals surface area contributed by atoms with Crippen molar-refractivity contribution in [3.63, 3.8) is 0 Å². The van der Waals surface area contributed by atoms with Crippen LogP contribution in [-0.2, 0) is 6.42 Å². The number of rotatable bonds is 6. The number of H-pyrrole nitrogens is 1. The molecule has 0 aliphatic carbocycles. The second-order valence-corrected chi connectivity index (χ2v) is 7.19. The fourth-order valence-corrected chi connectivity index (χ4v) is 3.81. The fraction of sp³-hybridized carbons (Fsp3) is 0.211. The average Bonchev–Trinajstić information content (AvgIpc) is 3.38. The van der Waals surface area contributed by atoms with Crippen molar-refractivity contribution in [2.45, 2.75) is 19.8 Å². The molecule has 3 aromatic heterocycles. The molecule has 1 aromatic carbocycles. The quantitative estimate of drug-likeness (QED) is 0.471. The number of nitrogens with one attached hydrogen (secondary N) is 2. The van der Waals surface area contributed by atoms with Gasteiger partial charge in [-0.05, 0) is 56.1 Å². The molecule has 0 aliphatic heterocycles. The molecular weight excluding hydrogens is 362 g/mol. The first-order chi connectivity index (χ1) is 13.2. The summed E-state index contributed by atoms with van der Waals surface area (Å²) >= 11 is 1.37. The summed E-state index contributed by atoms with van der Waals surface area (Å²) in [5.41, 5.74) is 8.92. The van der Waals surface area contributed by atoms with E-state index in [0.29, 0.717) is 23.7 Å². The van der Waals surface area contributed by atoms with Crippen molar-refractivity contribution in [2.75, 3.05) is 11.9 Å². The van der Waals surface area contributed by atoms with E-state index in [2.05, 4.69) is 20.3 Å². The number of aryl methyl sites for hydroxylation is 2. The van der Waals surface area contributed by atoms with Gasteiger partial charge in [-0.3, -0.25) is 10.1 Å². The van der Waals surface area contributed by atoms with Crippen molar-refractivity contribution in [2.24, 2.45) is 5.73 Å². The van der Waals surface area contributed by atoms with E-state index in [1.807, 2.05) is 31.2 Å². The Morgan fingerprint density at radius 1 is 1.37 bits per heavy atom. The number of aromatic amines is 1. The highest BCUT2D eigenvalue weighted by Gasteiger charge is 2.18. The Bertz CT molecular complexity index is 1080. The van der Waals surface area contributed by atoms with Gasteiger partial charge < -0.3 is 15.1 Å². The highest BCUT2D eigenvalue weighted by molar-refractivity contribution is 7.19. The van der Waals surface area contributed by atoms with Gasteiger partial charge in [0.2, 0.25) is 0 Å². The zero-order chi connectivity index (χ0) is 18.8.